The largest absolute Gasteiger partial charge is 0.457 e. The molecular formula is C28H29N3O4. The summed E-state index contributed by atoms with van der Waals surface area (Å²) in [6.45, 7) is 5.66. The molecule has 3 aromatic carbocycles. The number of aryl methyl sites for hydroxylation is 2. The molecule has 0 atom stereocenters. The molecule has 3 aromatic rings. The highest BCUT2D eigenvalue weighted by Crippen LogP contribution is 2.21. The SMILES string of the molecule is Cc1ccc(C(=O)N2CCN(C(=O)CNC(=O)c3ccc(Oc4ccccc4)cc3)CC2)c(C)c1. The molecule has 4 rings (SSSR count). The van der Waals surface area contributed by atoms with Crippen molar-refractivity contribution in [2.24, 2.45) is 0 Å². The van der Waals surface area contributed by atoms with Crippen LogP contribution in [0.3, 0.4) is 0 Å². The number of piperazine rings is 1. The van der Waals surface area contributed by atoms with E-state index in [0.29, 0.717) is 48.8 Å². The van der Waals surface area contributed by atoms with Gasteiger partial charge in [-0.1, -0.05) is 35.9 Å². The molecular weight excluding hydrogens is 442 g/mol. The summed E-state index contributed by atoms with van der Waals surface area (Å²) in [4.78, 5) is 41.4. The number of nitrogens with zero attached hydrogens (tertiary/aromatic N) is 2. The van der Waals surface area contributed by atoms with Crippen LogP contribution in [0.15, 0.2) is 72.8 Å². The molecule has 0 bridgehead atoms. The molecule has 3 amide bonds. The molecule has 1 N–H and O–H groups in total. The molecule has 0 aliphatic carbocycles. The second-order valence-corrected chi connectivity index (χ2v) is 8.61. The van der Waals surface area contributed by atoms with Crippen LogP contribution in [-0.2, 0) is 4.79 Å². The van der Waals surface area contributed by atoms with E-state index in [1.54, 1.807) is 34.1 Å². The molecule has 0 unspecified atom stereocenters. The van der Waals surface area contributed by atoms with Crippen molar-refractivity contribution in [1.29, 1.82) is 0 Å². The number of nitrogens with one attached hydrogen (secondary N) is 1. The lowest BCUT2D eigenvalue weighted by Crippen LogP contribution is -2.52. The van der Waals surface area contributed by atoms with E-state index in [2.05, 4.69) is 5.32 Å². The van der Waals surface area contributed by atoms with Crippen LogP contribution in [-0.4, -0.2) is 60.2 Å². The van der Waals surface area contributed by atoms with Gasteiger partial charge >= 0.3 is 0 Å². The highest BCUT2D eigenvalue weighted by Gasteiger charge is 2.25. The summed E-state index contributed by atoms with van der Waals surface area (Å²) in [5.74, 6) is 0.833. The Hall–Kier alpha value is -4.13. The number of carbonyl (C=O) groups excluding carboxylic acids is 3. The Kier molecular flexibility index (Phi) is 7.45. The normalized spacial score (nSPS) is 13.3. The van der Waals surface area contributed by atoms with Gasteiger partial charge in [0, 0.05) is 37.3 Å². The summed E-state index contributed by atoms with van der Waals surface area (Å²) < 4.78 is 5.74. The number of benzene rings is 3. The first-order valence-electron chi connectivity index (χ1n) is 11.7. The van der Waals surface area contributed by atoms with Crippen molar-refractivity contribution >= 4 is 17.7 Å². The van der Waals surface area contributed by atoms with Gasteiger partial charge in [0.15, 0.2) is 0 Å². The Bertz CT molecular complexity index is 1200. The van der Waals surface area contributed by atoms with Crippen LogP contribution in [0, 0.1) is 13.8 Å². The predicted octanol–water partition coefficient (Wildman–Crippen LogP) is 3.81. The van der Waals surface area contributed by atoms with Crippen molar-refractivity contribution < 1.29 is 19.1 Å². The Morgan fingerprint density at radius 1 is 0.800 bits per heavy atom. The number of ether oxygens (including phenoxy) is 1. The molecule has 1 fully saturated rings. The van der Waals surface area contributed by atoms with Crippen molar-refractivity contribution in [1.82, 2.24) is 15.1 Å². The van der Waals surface area contributed by atoms with E-state index in [4.69, 9.17) is 4.74 Å². The van der Waals surface area contributed by atoms with Gasteiger partial charge in [0.1, 0.15) is 11.5 Å². The first-order chi connectivity index (χ1) is 16.9. The number of hydrogen-bond acceptors (Lipinski definition) is 4. The van der Waals surface area contributed by atoms with Crippen LogP contribution >= 0.6 is 0 Å². The summed E-state index contributed by atoms with van der Waals surface area (Å²) >= 11 is 0. The number of rotatable bonds is 6. The summed E-state index contributed by atoms with van der Waals surface area (Å²) in [7, 11) is 0. The van der Waals surface area contributed by atoms with E-state index in [-0.39, 0.29) is 24.3 Å². The maximum absolute atomic E-state index is 12.9. The maximum atomic E-state index is 12.9. The maximum Gasteiger partial charge on any atom is 0.254 e. The van der Waals surface area contributed by atoms with Gasteiger partial charge in [0.25, 0.3) is 11.8 Å². The molecule has 1 aliphatic heterocycles. The van der Waals surface area contributed by atoms with Crippen molar-refractivity contribution in [2.75, 3.05) is 32.7 Å². The smallest absolute Gasteiger partial charge is 0.254 e. The van der Waals surface area contributed by atoms with Gasteiger partial charge in [-0.3, -0.25) is 14.4 Å². The zero-order chi connectivity index (χ0) is 24.8. The molecule has 180 valence electrons. The molecule has 1 saturated heterocycles. The molecule has 0 aromatic heterocycles. The van der Waals surface area contributed by atoms with E-state index >= 15 is 0 Å². The van der Waals surface area contributed by atoms with E-state index in [1.807, 2.05) is 62.4 Å². The molecule has 7 nitrogen and oxygen atoms in total. The van der Waals surface area contributed by atoms with Crippen molar-refractivity contribution in [2.45, 2.75) is 13.8 Å². The Morgan fingerprint density at radius 2 is 1.43 bits per heavy atom. The lowest BCUT2D eigenvalue weighted by atomic mass is 10.0. The zero-order valence-corrected chi connectivity index (χ0v) is 20.0. The summed E-state index contributed by atoms with van der Waals surface area (Å²) in [5, 5.41) is 2.69. The van der Waals surface area contributed by atoms with Gasteiger partial charge < -0.3 is 19.9 Å². The monoisotopic (exact) mass is 471 g/mol. The van der Waals surface area contributed by atoms with E-state index in [0.717, 1.165) is 11.1 Å². The van der Waals surface area contributed by atoms with Gasteiger partial charge in [-0.25, -0.2) is 0 Å². The van der Waals surface area contributed by atoms with Gasteiger partial charge in [-0.2, -0.15) is 0 Å². The zero-order valence-electron chi connectivity index (χ0n) is 20.0. The summed E-state index contributed by atoms with van der Waals surface area (Å²) in [6.07, 6.45) is 0. The molecule has 1 aliphatic rings. The van der Waals surface area contributed by atoms with Crippen LogP contribution in [0.25, 0.3) is 0 Å². The standard InChI is InChI=1S/C28H29N3O4/c1-20-8-13-25(21(2)18-20)28(34)31-16-14-30(15-17-31)26(32)19-29-27(33)22-9-11-24(12-10-22)35-23-6-4-3-5-7-23/h3-13,18H,14-17,19H2,1-2H3,(H,29,33). The van der Waals surface area contributed by atoms with Gasteiger partial charge in [0.05, 0.1) is 6.54 Å². The molecule has 0 saturated carbocycles. The lowest BCUT2D eigenvalue weighted by Gasteiger charge is -2.35. The van der Waals surface area contributed by atoms with Crippen LogP contribution in [0.4, 0.5) is 0 Å². The average Bonchev–Trinajstić information content (AvgIpc) is 2.88. The topological polar surface area (TPSA) is 79.0 Å². The Labute approximate surface area is 205 Å². The minimum atomic E-state index is -0.326. The molecule has 1 heterocycles. The van der Waals surface area contributed by atoms with Crippen LogP contribution < -0.4 is 10.1 Å². The average molecular weight is 472 g/mol. The lowest BCUT2D eigenvalue weighted by molar-refractivity contribution is -0.131. The van der Waals surface area contributed by atoms with Gasteiger partial charge in [0.2, 0.25) is 5.91 Å². The summed E-state index contributed by atoms with van der Waals surface area (Å²) in [5.41, 5.74) is 3.22. The number of para-hydroxylation sites is 1. The fourth-order valence-corrected chi connectivity index (χ4v) is 4.05. The summed E-state index contributed by atoms with van der Waals surface area (Å²) in [6, 6.07) is 21.9. The fraction of sp³-hybridized carbons (Fsp3) is 0.250. The second kappa shape index (κ2) is 10.9. The third-order valence-corrected chi connectivity index (χ3v) is 6.03. The third-order valence-electron chi connectivity index (χ3n) is 6.03. The van der Waals surface area contributed by atoms with Crippen LogP contribution in [0.1, 0.15) is 31.8 Å². The number of carbonyl (C=O) groups is 3. The molecule has 35 heavy (non-hydrogen) atoms. The Morgan fingerprint density at radius 3 is 2.09 bits per heavy atom. The van der Waals surface area contributed by atoms with Gasteiger partial charge in [-0.15, -0.1) is 0 Å². The van der Waals surface area contributed by atoms with E-state index in [9.17, 15) is 14.4 Å². The predicted molar refractivity (Wildman–Crippen MR) is 134 cm³/mol. The van der Waals surface area contributed by atoms with Crippen LogP contribution in [0.5, 0.6) is 11.5 Å². The highest BCUT2D eigenvalue weighted by atomic mass is 16.5. The minimum Gasteiger partial charge on any atom is -0.457 e. The number of amides is 3. The molecule has 0 radical (unpaired) electrons. The van der Waals surface area contributed by atoms with Gasteiger partial charge in [-0.05, 0) is 61.9 Å². The van der Waals surface area contributed by atoms with Crippen LogP contribution in [0.2, 0.25) is 0 Å². The second-order valence-electron chi connectivity index (χ2n) is 8.61. The quantitative estimate of drug-likeness (QED) is 0.593. The first-order valence-corrected chi connectivity index (χ1v) is 11.7. The van der Waals surface area contributed by atoms with Crippen molar-refractivity contribution in [3.05, 3.63) is 95.1 Å². The third kappa shape index (κ3) is 6.06. The van der Waals surface area contributed by atoms with Crippen molar-refractivity contribution in [3.8, 4) is 11.5 Å². The first kappa shape index (κ1) is 24.0. The number of hydrogen-bond donors (Lipinski definition) is 1. The molecule has 0 spiro atoms. The minimum absolute atomic E-state index is 0.0115. The fourth-order valence-electron chi connectivity index (χ4n) is 4.05. The van der Waals surface area contributed by atoms with E-state index in [1.165, 1.54) is 0 Å². The highest BCUT2D eigenvalue weighted by molar-refractivity contribution is 5.97. The van der Waals surface area contributed by atoms with E-state index < -0.39 is 0 Å². The molecule has 7 heteroatoms. The Balaban J connectivity index is 1.24. The van der Waals surface area contributed by atoms with Crippen molar-refractivity contribution in [3.63, 3.8) is 0 Å².